The van der Waals surface area contributed by atoms with E-state index >= 15 is 0 Å². The van der Waals surface area contributed by atoms with Crippen LogP contribution >= 0.6 is 15.9 Å². The van der Waals surface area contributed by atoms with E-state index in [9.17, 15) is 0 Å². The lowest BCUT2D eigenvalue weighted by atomic mass is 10.0. The Hall–Kier alpha value is -1.33. The van der Waals surface area contributed by atoms with Crippen LogP contribution in [-0.2, 0) is 13.0 Å². The van der Waals surface area contributed by atoms with Crippen LogP contribution in [0.3, 0.4) is 0 Å². The van der Waals surface area contributed by atoms with Gasteiger partial charge in [0.25, 0.3) is 0 Å². The van der Waals surface area contributed by atoms with Crippen molar-refractivity contribution in [1.82, 2.24) is 5.16 Å². The van der Waals surface area contributed by atoms with Crippen LogP contribution in [0.4, 0.5) is 0 Å². The first-order valence-electron chi connectivity index (χ1n) is 6.25. The normalized spacial score (nSPS) is 12.4. The topological polar surface area (TPSA) is 61.3 Å². The number of hydrogen-bond acceptors (Lipinski definition) is 4. The summed E-state index contributed by atoms with van der Waals surface area (Å²) in [6.45, 7) is 2.46. The van der Waals surface area contributed by atoms with Crippen LogP contribution in [0.1, 0.15) is 24.7 Å². The zero-order valence-electron chi connectivity index (χ0n) is 10.8. The van der Waals surface area contributed by atoms with Gasteiger partial charge < -0.3 is 15.0 Å². The minimum Gasteiger partial charge on any atom is -0.486 e. The SMILES string of the molecule is CCC(N)Cc1cc(OCc2ccno2)ccc1Br. The third-order valence-corrected chi connectivity index (χ3v) is 3.67. The molecule has 2 N–H and O–H groups in total. The molecular weight excluding hydrogens is 308 g/mol. The Labute approximate surface area is 121 Å². The average Bonchev–Trinajstić information content (AvgIpc) is 2.92. The van der Waals surface area contributed by atoms with Gasteiger partial charge in [-0.3, -0.25) is 0 Å². The highest BCUT2D eigenvalue weighted by Gasteiger charge is 2.07. The molecule has 0 bridgehead atoms. The summed E-state index contributed by atoms with van der Waals surface area (Å²) in [5.41, 5.74) is 7.15. The fourth-order valence-electron chi connectivity index (χ4n) is 1.70. The van der Waals surface area contributed by atoms with Crippen molar-refractivity contribution in [3.05, 3.63) is 46.3 Å². The molecule has 1 aromatic heterocycles. The van der Waals surface area contributed by atoms with Gasteiger partial charge in [-0.15, -0.1) is 0 Å². The van der Waals surface area contributed by atoms with Crippen LogP contribution < -0.4 is 10.5 Å². The van der Waals surface area contributed by atoms with Gasteiger partial charge in [0, 0.05) is 16.6 Å². The lowest BCUT2D eigenvalue weighted by molar-refractivity contribution is 0.249. The van der Waals surface area contributed by atoms with Crippen molar-refractivity contribution < 1.29 is 9.26 Å². The van der Waals surface area contributed by atoms with Crippen molar-refractivity contribution in [3.63, 3.8) is 0 Å². The molecule has 2 rings (SSSR count). The van der Waals surface area contributed by atoms with E-state index < -0.39 is 0 Å². The van der Waals surface area contributed by atoms with Crippen molar-refractivity contribution in [2.45, 2.75) is 32.4 Å². The van der Waals surface area contributed by atoms with E-state index in [1.165, 1.54) is 0 Å². The second kappa shape index (κ2) is 6.73. The number of rotatable bonds is 6. The monoisotopic (exact) mass is 324 g/mol. The van der Waals surface area contributed by atoms with Gasteiger partial charge in [-0.2, -0.15) is 0 Å². The maximum atomic E-state index is 5.99. The Morgan fingerprint density at radius 1 is 1.42 bits per heavy atom. The van der Waals surface area contributed by atoms with Gasteiger partial charge in [-0.25, -0.2) is 0 Å². The number of benzene rings is 1. The van der Waals surface area contributed by atoms with Crippen molar-refractivity contribution >= 4 is 15.9 Å². The molecule has 4 nitrogen and oxygen atoms in total. The van der Waals surface area contributed by atoms with Crippen LogP contribution in [0.2, 0.25) is 0 Å². The molecule has 0 amide bonds. The fraction of sp³-hybridized carbons (Fsp3) is 0.357. The van der Waals surface area contributed by atoms with Gasteiger partial charge in [-0.05, 0) is 36.6 Å². The van der Waals surface area contributed by atoms with Crippen molar-refractivity contribution in [2.75, 3.05) is 0 Å². The summed E-state index contributed by atoms with van der Waals surface area (Å²) in [5, 5.41) is 3.64. The van der Waals surface area contributed by atoms with E-state index in [1.54, 1.807) is 12.3 Å². The summed E-state index contributed by atoms with van der Waals surface area (Å²) in [6, 6.07) is 7.86. The predicted molar refractivity (Wildman–Crippen MR) is 76.9 cm³/mol. The summed E-state index contributed by atoms with van der Waals surface area (Å²) in [5.74, 6) is 1.51. The van der Waals surface area contributed by atoms with Gasteiger partial charge in [0.2, 0.25) is 0 Å². The summed E-state index contributed by atoms with van der Waals surface area (Å²) in [7, 11) is 0. The first kappa shape index (κ1) is 14.1. The minimum absolute atomic E-state index is 0.167. The lowest BCUT2D eigenvalue weighted by Crippen LogP contribution is -2.21. The molecule has 0 fully saturated rings. The molecule has 0 spiro atoms. The summed E-state index contributed by atoms with van der Waals surface area (Å²) < 4.78 is 11.7. The fourth-order valence-corrected chi connectivity index (χ4v) is 2.10. The Bertz CT molecular complexity index is 514. The highest BCUT2D eigenvalue weighted by Crippen LogP contribution is 2.24. The third-order valence-electron chi connectivity index (χ3n) is 2.90. The number of ether oxygens (including phenoxy) is 1. The Balaban J connectivity index is 2.03. The zero-order chi connectivity index (χ0) is 13.7. The molecule has 2 aromatic rings. The van der Waals surface area contributed by atoms with E-state index in [-0.39, 0.29) is 6.04 Å². The summed E-state index contributed by atoms with van der Waals surface area (Å²) in [6.07, 6.45) is 3.39. The highest BCUT2D eigenvalue weighted by molar-refractivity contribution is 9.10. The maximum absolute atomic E-state index is 5.99. The van der Waals surface area contributed by atoms with Gasteiger partial charge in [0.1, 0.15) is 12.4 Å². The number of nitrogens with zero attached hydrogens (tertiary/aromatic N) is 1. The molecule has 1 atom stereocenters. The van der Waals surface area contributed by atoms with Gasteiger partial charge in [0.05, 0.1) is 6.20 Å². The molecule has 0 aliphatic rings. The quantitative estimate of drug-likeness (QED) is 0.885. The Kier molecular flexibility index (Phi) is 4.99. The molecule has 19 heavy (non-hydrogen) atoms. The van der Waals surface area contributed by atoms with E-state index in [1.807, 2.05) is 18.2 Å². The molecule has 1 heterocycles. The van der Waals surface area contributed by atoms with Crippen molar-refractivity contribution in [3.8, 4) is 5.75 Å². The second-order valence-corrected chi connectivity index (χ2v) is 5.25. The minimum atomic E-state index is 0.167. The summed E-state index contributed by atoms with van der Waals surface area (Å²) in [4.78, 5) is 0. The molecular formula is C14H17BrN2O2. The lowest BCUT2D eigenvalue weighted by Gasteiger charge is -2.12. The summed E-state index contributed by atoms with van der Waals surface area (Å²) >= 11 is 3.54. The molecule has 1 unspecified atom stereocenters. The largest absolute Gasteiger partial charge is 0.486 e. The molecule has 0 saturated carbocycles. The van der Waals surface area contributed by atoms with Gasteiger partial charge >= 0.3 is 0 Å². The number of aromatic nitrogens is 1. The molecule has 0 radical (unpaired) electrons. The standard InChI is InChI=1S/C14H17BrN2O2/c1-2-11(16)7-10-8-12(3-4-14(10)15)18-9-13-5-6-17-19-13/h3-6,8,11H,2,7,9,16H2,1H3. The molecule has 1 aromatic carbocycles. The highest BCUT2D eigenvalue weighted by atomic mass is 79.9. The zero-order valence-corrected chi connectivity index (χ0v) is 12.4. The van der Waals surface area contributed by atoms with Crippen LogP contribution in [0.5, 0.6) is 5.75 Å². The van der Waals surface area contributed by atoms with E-state index in [0.29, 0.717) is 12.4 Å². The number of halogens is 1. The smallest absolute Gasteiger partial charge is 0.174 e. The van der Waals surface area contributed by atoms with Crippen LogP contribution in [0.15, 0.2) is 39.5 Å². The number of nitrogens with two attached hydrogens (primary N) is 1. The van der Waals surface area contributed by atoms with Crippen LogP contribution in [-0.4, -0.2) is 11.2 Å². The van der Waals surface area contributed by atoms with E-state index in [4.69, 9.17) is 15.0 Å². The molecule has 0 saturated heterocycles. The average molecular weight is 325 g/mol. The Morgan fingerprint density at radius 2 is 2.26 bits per heavy atom. The first-order valence-corrected chi connectivity index (χ1v) is 7.04. The molecule has 5 heteroatoms. The third kappa shape index (κ3) is 4.08. The van der Waals surface area contributed by atoms with Gasteiger partial charge in [-0.1, -0.05) is 28.0 Å². The van der Waals surface area contributed by atoms with Crippen LogP contribution in [0, 0.1) is 0 Å². The van der Waals surface area contributed by atoms with Crippen molar-refractivity contribution in [1.29, 1.82) is 0 Å². The van der Waals surface area contributed by atoms with E-state index in [2.05, 4.69) is 28.0 Å². The maximum Gasteiger partial charge on any atom is 0.174 e. The second-order valence-electron chi connectivity index (χ2n) is 4.39. The first-order chi connectivity index (χ1) is 9.19. The number of hydrogen-bond donors (Lipinski definition) is 1. The molecule has 102 valence electrons. The van der Waals surface area contributed by atoms with Gasteiger partial charge in [0.15, 0.2) is 5.76 Å². The van der Waals surface area contributed by atoms with Crippen molar-refractivity contribution in [2.24, 2.45) is 5.73 Å². The Morgan fingerprint density at radius 3 is 2.95 bits per heavy atom. The molecule has 0 aliphatic carbocycles. The predicted octanol–water partition coefficient (Wildman–Crippen LogP) is 3.30. The van der Waals surface area contributed by atoms with Crippen LogP contribution in [0.25, 0.3) is 0 Å². The van der Waals surface area contributed by atoms with E-state index in [0.717, 1.165) is 28.6 Å². The molecule has 0 aliphatic heterocycles.